The Balaban J connectivity index is 1.90. The third kappa shape index (κ3) is 3.01. The van der Waals surface area contributed by atoms with Crippen LogP contribution in [0, 0.1) is 0 Å². The lowest BCUT2D eigenvalue weighted by Crippen LogP contribution is -2.35. The van der Waals surface area contributed by atoms with Crippen molar-refractivity contribution >= 4 is 5.69 Å². The number of nitrogen functional groups attached to an aromatic ring is 1. The van der Waals surface area contributed by atoms with Gasteiger partial charge in [0.2, 0.25) is 0 Å². The fourth-order valence-electron chi connectivity index (χ4n) is 2.91. The molecule has 0 bridgehead atoms. The minimum absolute atomic E-state index is 0.758. The Kier molecular flexibility index (Phi) is 4.06. The van der Waals surface area contributed by atoms with E-state index < -0.39 is 0 Å². The second-order valence-electron chi connectivity index (χ2n) is 5.22. The predicted molar refractivity (Wildman–Crippen MR) is 74.0 cm³/mol. The molecule has 94 valence electrons. The normalized spacial score (nSPS) is 25.3. The van der Waals surface area contributed by atoms with Gasteiger partial charge in [-0.05, 0) is 50.3 Å². The maximum absolute atomic E-state index is 5.70. The lowest BCUT2D eigenvalue weighted by Gasteiger charge is -2.27. The molecule has 2 atom stereocenters. The van der Waals surface area contributed by atoms with Crippen molar-refractivity contribution in [2.45, 2.75) is 51.6 Å². The van der Waals surface area contributed by atoms with Crippen molar-refractivity contribution in [3.8, 4) is 0 Å². The van der Waals surface area contributed by atoms with Crippen LogP contribution in [0.2, 0.25) is 0 Å². The highest BCUT2D eigenvalue weighted by Crippen LogP contribution is 2.26. The predicted octanol–water partition coefficient (Wildman–Crippen LogP) is 3.07. The standard InChI is InChI=1S/C15H24N2/c1-3-15-9-4-12(2)17(15)11-10-13-5-7-14(16)8-6-13/h5-8,12,15H,3-4,9-11,16H2,1-2H3. The van der Waals surface area contributed by atoms with Gasteiger partial charge in [0.1, 0.15) is 0 Å². The van der Waals surface area contributed by atoms with Crippen LogP contribution >= 0.6 is 0 Å². The molecule has 17 heavy (non-hydrogen) atoms. The van der Waals surface area contributed by atoms with Crippen LogP contribution in [-0.4, -0.2) is 23.5 Å². The van der Waals surface area contributed by atoms with Gasteiger partial charge in [0.25, 0.3) is 0 Å². The second kappa shape index (κ2) is 5.54. The number of likely N-dealkylation sites (tertiary alicyclic amines) is 1. The molecule has 1 fully saturated rings. The Morgan fingerprint density at radius 2 is 1.94 bits per heavy atom. The zero-order valence-corrected chi connectivity index (χ0v) is 11.0. The molecule has 1 aromatic carbocycles. The molecular formula is C15H24N2. The summed E-state index contributed by atoms with van der Waals surface area (Å²) in [6.45, 7) is 5.85. The molecule has 1 aliphatic rings. The highest BCUT2D eigenvalue weighted by Gasteiger charge is 2.28. The average molecular weight is 232 g/mol. The SMILES string of the molecule is CCC1CCC(C)N1CCc1ccc(N)cc1. The molecule has 0 radical (unpaired) electrons. The molecule has 2 nitrogen and oxygen atoms in total. The molecule has 0 spiro atoms. The summed E-state index contributed by atoms with van der Waals surface area (Å²) in [7, 11) is 0. The number of hydrogen-bond acceptors (Lipinski definition) is 2. The van der Waals surface area contributed by atoms with E-state index in [1.165, 1.54) is 31.4 Å². The van der Waals surface area contributed by atoms with E-state index in [0.717, 1.165) is 24.2 Å². The summed E-state index contributed by atoms with van der Waals surface area (Å²) >= 11 is 0. The molecule has 0 aliphatic carbocycles. The molecule has 0 amide bonds. The van der Waals surface area contributed by atoms with Crippen LogP contribution in [0.5, 0.6) is 0 Å². The van der Waals surface area contributed by atoms with Crippen LogP contribution in [0.25, 0.3) is 0 Å². The van der Waals surface area contributed by atoms with E-state index in [9.17, 15) is 0 Å². The summed E-state index contributed by atoms with van der Waals surface area (Å²) in [5.74, 6) is 0. The van der Waals surface area contributed by atoms with Gasteiger partial charge >= 0.3 is 0 Å². The highest BCUT2D eigenvalue weighted by molar-refractivity contribution is 5.39. The third-order valence-corrected chi connectivity index (χ3v) is 4.06. The number of nitrogens with two attached hydrogens (primary N) is 1. The van der Waals surface area contributed by atoms with Gasteiger partial charge in [0.05, 0.1) is 0 Å². The molecule has 0 saturated carbocycles. The molecular weight excluding hydrogens is 208 g/mol. The number of hydrogen-bond donors (Lipinski definition) is 1. The molecule has 1 saturated heterocycles. The monoisotopic (exact) mass is 232 g/mol. The first-order valence-electron chi connectivity index (χ1n) is 6.81. The quantitative estimate of drug-likeness (QED) is 0.808. The Bertz CT molecular complexity index is 344. The van der Waals surface area contributed by atoms with Crippen molar-refractivity contribution in [3.05, 3.63) is 29.8 Å². The van der Waals surface area contributed by atoms with E-state index in [4.69, 9.17) is 5.73 Å². The van der Waals surface area contributed by atoms with Crippen LogP contribution in [0.3, 0.4) is 0 Å². The molecule has 1 aromatic rings. The molecule has 2 heteroatoms. The zero-order valence-electron chi connectivity index (χ0n) is 11.0. The smallest absolute Gasteiger partial charge is 0.0314 e. The van der Waals surface area contributed by atoms with Gasteiger partial charge < -0.3 is 5.73 Å². The molecule has 2 N–H and O–H groups in total. The van der Waals surface area contributed by atoms with Crippen molar-refractivity contribution in [1.29, 1.82) is 0 Å². The van der Waals surface area contributed by atoms with Gasteiger partial charge in [-0.15, -0.1) is 0 Å². The van der Waals surface area contributed by atoms with Crippen LogP contribution < -0.4 is 5.73 Å². The van der Waals surface area contributed by atoms with E-state index in [1.807, 2.05) is 12.1 Å². The number of benzene rings is 1. The van der Waals surface area contributed by atoms with Gasteiger partial charge in [0.15, 0.2) is 0 Å². The topological polar surface area (TPSA) is 29.3 Å². The number of nitrogens with zero attached hydrogens (tertiary/aromatic N) is 1. The fraction of sp³-hybridized carbons (Fsp3) is 0.600. The highest BCUT2D eigenvalue weighted by atomic mass is 15.2. The van der Waals surface area contributed by atoms with Gasteiger partial charge in [-0.2, -0.15) is 0 Å². The van der Waals surface area contributed by atoms with Gasteiger partial charge in [-0.25, -0.2) is 0 Å². The lowest BCUT2D eigenvalue weighted by molar-refractivity contribution is 0.201. The van der Waals surface area contributed by atoms with Crippen molar-refractivity contribution in [2.24, 2.45) is 0 Å². The van der Waals surface area contributed by atoms with Crippen molar-refractivity contribution in [1.82, 2.24) is 4.90 Å². The molecule has 2 unspecified atom stereocenters. The first-order valence-corrected chi connectivity index (χ1v) is 6.81. The summed E-state index contributed by atoms with van der Waals surface area (Å²) in [4.78, 5) is 2.68. The maximum Gasteiger partial charge on any atom is 0.0314 e. The van der Waals surface area contributed by atoms with Gasteiger partial charge in [-0.3, -0.25) is 4.90 Å². The Hall–Kier alpha value is -1.02. The van der Waals surface area contributed by atoms with Crippen LogP contribution in [-0.2, 0) is 6.42 Å². The summed E-state index contributed by atoms with van der Waals surface area (Å²) in [6, 6.07) is 9.86. The van der Waals surface area contributed by atoms with E-state index in [1.54, 1.807) is 0 Å². The molecule has 2 rings (SSSR count). The van der Waals surface area contributed by atoms with Crippen LogP contribution in [0.4, 0.5) is 5.69 Å². The van der Waals surface area contributed by atoms with E-state index in [2.05, 4.69) is 30.9 Å². The number of anilines is 1. The summed E-state index contributed by atoms with van der Waals surface area (Å²) in [5.41, 5.74) is 7.95. The minimum Gasteiger partial charge on any atom is -0.399 e. The van der Waals surface area contributed by atoms with E-state index in [0.29, 0.717) is 0 Å². The second-order valence-corrected chi connectivity index (χ2v) is 5.22. The first kappa shape index (κ1) is 12.4. The zero-order chi connectivity index (χ0) is 12.3. The van der Waals surface area contributed by atoms with Crippen LogP contribution in [0.1, 0.15) is 38.7 Å². The Labute approximate surface area is 105 Å². The Morgan fingerprint density at radius 1 is 1.24 bits per heavy atom. The van der Waals surface area contributed by atoms with E-state index >= 15 is 0 Å². The third-order valence-electron chi connectivity index (χ3n) is 4.06. The number of rotatable bonds is 4. The maximum atomic E-state index is 5.70. The van der Waals surface area contributed by atoms with Crippen molar-refractivity contribution < 1.29 is 0 Å². The summed E-state index contributed by atoms with van der Waals surface area (Å²) in [6.07, 6.45) is 5.16. The van der Waals surface area contributed by atoms with E-state index in [-0.39, 0.29) is 0 Å². The molecule has 1 aliphatic heterocycles. The summed E-state index contributed by atoms with van der Waals surface area (Å²) < 4.78 is 0. The van der Waals surface area contributed by atoms with Crippen LogP contribution in [0.15, 0.2) is 24.3 Å². The molecule has 1 heterocycles. The lowest BCUT2D eigenvalue weighted by atomic mass is 10.1. The van der Waals surface area contributed by atoms with Crippen molar-refractivity contribution in [3.63, 3.8) is 0 Å². The Morgan fingerprint density at radius 3 is 2.59 bits per heavy atom. The first-order chi connectivity index (χ1) is 8.20. The van der Waals surface area contributed by atoms with Crippen molar-refractivity contribution in [2.75, 3.05) is 12.3 Å². The van der Waals surface area contributed by atoms with Gasteiger partial charge in [-0.1, -0.05) is 19.1 Å². The minimum atomic E-state index is 0.758. The fourth-order valence-corrected chi connectivity index (χ4v) is 2.91. The summed E-state index contributed by atoms with van der Waals surface area (Å²) in [5, 5.41) is 0. The molecule has 0 aromatic heterocycles. The largest absolute Gasteiger partial charge is 0.399 e. The average Bonchev–Trinajstić information content (AvgIpc) is 2.69. The van der Waals surface area contributed by atoms with Gasteiger partial charge in [0, 0.05) is 24.3 Å².